The Hall–Kier alpha value is -2.14. The van der Waals surface area contributed by atoms with Crippen LogP contribution in [0.1, 0.15) is 15.9 Å². The minimum absolute atomic E-state index is 0.0761. The molecule has 6 heteroatoms. The molecule has 1 aromatic carbocycles. The Morgan fingerprint density at radius 3 is 2.85 bits per heavy atom. The van der Waals surface area contributed by atoms with Gasteiger partial charge in [-0.2, -0.15) is 0 Å². The van der Waals surface area contributed by atoms with Crippen molar-refractivity contribution in [1.82, 2.24) is 4.98 Å². The number of hydrogen-bond donors (Lipinski definition) is 0. The molecule has 0 saturated heterocycles. The first-order valence-electron chi connectivity index (χ1n) is 5.70. The van der Waals surface area contributed by atoms with E-state index in [4.69, 9.17) is 16.3 Å². The molecule has 104 valence electrons. The Labute approximate surface area is 120 Å². The second-order valence-electron chi connectivity index (χ2n) is 3.92. The van der Waals surface area contributed by atoms with Crippen molar-refractivity contribution in [2.24, 2.45) is 0 Å². The lowest BCUT2D eigenvalue weighted by atomic mass is 10.1. The van der Waals surface area contributed by atoms with Gasteiger partial charge in [0.15, 0.2) is 0 Å². The molecule has 0 bridgehead atoms. The van der Waals surface area contributed by atoms with Gasteiger partial charge in [0.1, 0.15) is 18.2 Å². The average molecular weight is 296 g/mol. The fraction of sp³-hybridized carbons (Fsp3) is 0.143. The Bertz CT molecular complexity index is 634. The van der Waals surface area contributed by atoms with Gasteiger partial charge in [-0.25, -0.2) is 9.18 Å². The smallest absolute Gasteiger partial charge is 0.338 e. The van der Waals surface area contributed by atoms with E-state index in [0.29, 0.717) is 16.1 Å². The van der Waals surface area contributed by atoms with Crippen LogP contribution in [0.25, 0.3) is 0 Å². The maximum absolute atomic E-state index is 13.0. The summed E-state index contributed by atoms with van der Waals surface area (Å²) in [6, 6.07) is 5.99. The fourth-order valence-electron chi connectivity index (χ4n) is 1.61. The van der Waals surface area contributed by atoms with Crippen LogP contribution in [-0.2, 0) is 11.3 Å². The van der Waals surface area contributed by atoms with Crippen LogP contribution in [0.15, 0.2) is 36.7 Å². The number of methoxy groups -OCH3 is 1. The van der Waals surface area contributed by atoms with Gasteiger partial charge in [-0.3, -0.25) is 4.98 Å². The first kappa shape index (κ1) is 14.3. The quantitative estimate of drug-likeness (QED) is 0.813. The minimum atomic E-state index is -0.511. The highest BCUT2D eigenvalue weighted by molar-refractivity contribution is 6.31. The number of halogens is 2. The summed E-state index contributed by atoms with van der Waals surface area (Å²) in [5, 5.41) is 0.418. The molecule has 0 spiro atoms. The number of esters is 1. The molecule has 0 N–H and O–H groups in total. The van der Waals surface area contributed by atoms with Gasteiger partial charge in [0.2, 0.25) is 0 Å². The van der Waals surface area contributed by atoms with Crippen LogP contribution in [-0.4, -0.2) is 18.1 Å². The van der Waals surface area contributed by atoms with Gasteiger partial charge < -0.3 is 9.47 Å². The summed E-state index contributed by atoms with van der Waals surface area (Å²) in [6.45, 7) is 0.0761. The third-order valence-corrected chi connectivity index (χ3v) is 2.79. The molecular weight excluding hydrogens is 285 g/mol. The number of rotatable bonds is 4. The van der Waals surface area contributed by atoms with E-state index in [0.717, 1.165) is 6.20 Å². The van der Waals surface area contributed by atoms with Crippen LogP contribution >= 0.6 is 11.6 Å². The lowest BCUT2D eigenvalue weighted by Gasteiger charge is -2.10. The monoisotopic (exact) mass is 295 g/mol. The zero-order chi connectivity index (χ0) is 14.5. The fourth-order valence-corrected chi connectivity index (χ4v) is 1.78. The zero-order valence-corrected chi connectivity index (χ0v) is 11.4. The molecule has 0 aliphatic carbocycles. The average Bonchev–Trinajstić information content (AvgIpc) is 2.45. The first-order valence-corrected chi connectivity index (χ1v) is 6.08. The predicted molar refractivity (Wildman–Crippen MR) is 71.3 cm³/mol. The summed E-state index contributed by atoms with van der Waals surface area (Å²) in [7, 11) is 1.28. The van der Waals surface area contributed by atoms with Gasteiger partial charge in [-0.1, -0.05) is 17.7 Å². The summed E-state index contributed by atoms with van der Waals surface area (Å²) in [5.41, 5.74) is 0.898. The van der Waals surface area contributed by atoms with Crippen molar-refractivity contribution in [3.63, 3.8) is 0 Å². The first-order chi connectivity index (χ1) is 9.60. The molecule has 4 nitrogen and oxygen atoms in total. The van der Waals surface area contributed by atoms with E-state index < -0.39 is 11.8 Å². The van der Waals surface area contributed by atoms with E-state index in [1.54, 1.807) is 12.1 Å². The van der Waals surface area contributed by atoms with Gasteiger partial charge in [-0.05, 0) is 12.1 Å². The predicted octanol–water partition coefficient (Wildman–Crippen LogP) is 3.24. The summed E-state index contributed by atoms with van der Waals surface area (Å²) in [6.07, 6.45) is 2.46. The van der Waals surface area contributed by atoms with Gasteiger partial charge in [0, 0.05) is 16.7 Å². The molecule has 0 saturated carbocycles. The van der Waals surface area contributed by atoms with Gasteiger partial charge in [0.05, 0.1) is 25.1 Å². The molecule has 0 amide bonds. The van der Waals surface area contributed by atoms with Gasteiger partial charge in [0.25, 0.3) is 0 Å². The SMILES string of the molecule is COC(=O)c1cc(Cl)ccc1COc1cncc(F)c1. The van der Waals surface area contributed by atoms with Crippen LogP contribution in [0.3, 0.4) is 0 Å². The van der Waals surface area contributed by atoms with Crippen molar-refractivity contribution in [2.75, 3.05) is 7.11 Å². The molecule has 0 aliphatic rings. The molecule has 0 radical (unpaired) electrons. The molecule has 1 aromatic heterocycles. The Kier molecular flexibility index (Phi) is 4.53. The number of hydrogen-bond acceptors (Lipinski definition) is 4. The molecule has 0 unspecified atom stereocenters. The Morgan fingerprint density at radius 2 is 2.15 bits per heavy atom. The van der Waals surface area contributed by atoms with E-state index >= 15 is 0 Å². The van der Waals surface area contributed by atoms with E-state index in [-0.39, 0.29) is 12.4 Å². The van der Waals surface area contributed by atoms with Crippen molar-refractivity contribution >= 4 is 17.6 Å². The van der Waals surface area contributed by atoms with Crippen molar-refractivity contribution in [1.29, 1.82) is 0 Å². The number of benzene rings is 1. The topological polar surface area (TPSA) is 48.4 Å². The molecule has 2 aromatic rings. The van der Waals surface area contributed by atoms with Crippen molar-refractivity contribution < 1.29 is 18.7 Å². The van der Waals surface area contributed by atoms with Crippen molar-refractivity contribution in [3.05, 3.63) is 58.6 Å². The van der Waals surface area contributed by atoms with Gasteiger partial charge >= 0.3 is 5.97 Å². The molecular formula is C14H11ClFNO3. The second kappa shape index (κ2) is 6.34. The van der Waals surface area contributed by atoms with Crippen LogP contribution in [0.5, 0.6) is 5.75 Å². The lowest BCUT2D eigenvalue weighted by Crippen LogP contribution is -2.08. The largest absolute Gasteiger partial charge is 0.487 e. The third kappa shape index (κ3) is 3.45. The third-order valence-electron chi connectivity index (χ3n) is 2.55. The number of pyridine rings is 1. The van der Waals surface area contributed by atoms with Gasteiger partial charge in [-0.15, -0.1) is 0 Å². The van der Waals surface area contributed by atoms with Crippen LogP contribution in [0.2, 0.25) is 5.02 Å². The van der Waals surface area contributed by atoms with Crippen molar-refractivity contribution in [3.8, 4) is 5.75 Å². The van der Waals surface area contributed by atoms with Crippen LogP contribution in [0, 0.1) is 5.82 Å². The molecule has 0 aliphatic heterocycles. The number of carbonyl (C=O) groups is 1. The molecule has 20 heavy (non-hydrogen) atoms. The Balaban J connectivity index is 2.19. The maximum Gasteiger partial charge on any atom is 0.338 e. The summed E-state index contributed by atoms with van der Waals surface area (Å²) < 4.78 is 23.0. The number of aromatic nitrogens is 1. The highest BCUT2D eigenvalue weighted by atomic mass is 35.5. The molecule has 0 atom stereocenters. The molecule has 0 fully saturated rings. The van der Waals surface area contributed by atoms with E-state index in [1.165, 1.54) is 25.4 Å². The number of nitrogens with zero attached hydrogens (tertiary/aromatic N) is 1. The lowest BCUT2D eigenvalue weighted by molar-refractivity contribution is 0.0597. The van der Waals surface area contributed by atoms with Crippen LogP contribution in [0.4, 0.5) is 4.39 Å². The minimum Gasteiger partial charge on any atom is -0.487 e. The van der Waals surface area contributed by atoms with Crippen LogP contribution < -0.4 is 4.74 Å². The highest BCUT2D eigenvalue weighted by Gasteiger charge is 2.13. The number of ether oxygens (including phenoxy) is 2. The van der Waals surface area contributed by atoms with E-state index in [2.05, 4.69) is 9.72 Å². The second-order valence-corrected chi connectivity index (χ2v) is 4.36. The van der Waals surface area contributed by atoms with E-state index in [9.17, 15) is 9.18 Å². The summed E-state index contributed by atoms with van der Waals surface area (Å²) >= 11 is 5.85. The molecule has 1 heterocycles. The summed E-state index contributed by atoms with van der Waals surface area (Å²) in [5.74, 6) is -0.731. The Morgan fingerprint density at radius 1 is 1.35 bits per heavy atom. The standard InChI is InChI=1S/C14H11ClFNO3/c1-19-14(18)13-4-10(15)3-2-9(13)8-20-12-5-11(16)6-17-7-12/h2-7H,8H2,1H3. The zero-order valence-electron chi connectivity index (χ0n) is 10.6. The summed E-state index contributed by atoms with van der Waals surface area (Å²) in [4.78, 5) is 15.3. The maximum atomic E-state index is 13.0. The molecule has 2 rings (SSSR count). The van der Waals surface area contributed by atoms with E-state index in [1.807, 2.05) is 0 Å². The van der Waals surface area contributed by atoms with Crippen molar-refractivity contribution in [2.45, 2.75) is 6.61 Å². The highest BCUT2D eigenvalue weighted by Crippen LogP contribution is 2.19. The normalized spacial score (nSPS) is 10.2. The number of carbonyl (C=O) groups excluding carboxylic acids is 1.